The Kier molecular flexibility index (Phi) is 6.74. The lowest BCUT2D eigenvalue weighted by atomic mass is 10.1. The number of benzene rings is 2. The van der Waals surface area contributed by atoms with Crippen LogP contribution in [0.4, 0.5) is 4.39 Å². The zero-order valence-corrected chi connectivity index (χ0v) is 20.3. The zero-order valence-electron chi connectivity index (χ0n) is 19.6. The summed E-state index contributed by atoms with van der Waals surface area (Å²) in [5.41, 5.74) is 2.22. The molecule has 5 aromatic rings. The highest BCUT2D eigenvalue weighted by molar-refractivity contribution is 6.35. The summed E-state index contributed by atoms with van der Waals surface area (Å²) in [6.07, 6.45) is 6.40. The minimum Gasteiger partial charge on any atom is -0.360 e. The maximum absolute atomic E-state index is 14.4. The van der Waals surface area contributed by atoms with Gasteiger partial charge in [-0.3, -0.25) is 14.4 Å². The Bertz CT molecular complexity index is 1720. The molecule has 5 rings (SSSR count). The monoisotopic (exact) mass is 516 g/mol. The van der Waals surface area contributed by atoms with Crippen molar-refractivity contribution in [3.63, 3.8) is 0 Å². The number of amides is 1. The van der Waals surface area contributed by atoms with Crippen LogP contribution in [0.2, 0.25) is 5.02 Å². The van der Waals surface area contributed by atoms with E-state index >= 15 is 0 Å². The van der Waals surface area contributed by atoms with E-state index in [1.165, 1.54) is 24.4 Å². The van der Waals surface area contributed by atoms with Gasteiger partial charge in [-0.25, -0.2) is 4.39 Å². The number of halogens is 2. The molecule has 186 valence electrons. The smallest absolute Gasteiger partial charge is 0.257 e. The fourth-order valence-corrected chi connectivity index (χ4v) is 4.31. The molecule has 1 amide bonds. The highest BCUT2D eigenvalue weighted by Crippen LogP contribution is 2.25. The summed E-state index contributed by atoms with van der Waals surface area (Å²) >= 11 is 6.11. The first-order chi connectivity index (χ1) is 17.9. The van der Waals surface area contributed by atoms with Crippen LogP contribution in [0, 0.1) is 5.82 Å². The van der Waals surface area contributed by atoms with Crippen molar-refractivity contribution < 1.29 is 9.18 Å². The molecule has 37 heavy (non-hydrogen) atoms. The van der Waals surface area contributed by atoms with E-state index in [1.807, 2.05) is 30.3 Å². The van der Waals surface area contributed by atoms with Gasteiger partial charge in [-0.2, -0.15) is 0 Å². The van der Waals surface area contributed by atoms with Crippen LogP contribution in [0.5, 0.6) is 0 Å². The van der Waals surface area contributed by atoms with Gasteiger partial charge in [0.1, 0.15) is 11.4 Å². The van der Waals surface area contributed by atoms with Gasteiger partial charge < -0.3 is 19.4 Å². The van der Waals surface area contributed by atoms with Gasteiger partial charge >= 0.3 is 0 Å². The largest absolute Gasteiger partial charge is 0.360 e. The van der Waals surface area contributed by atoms with E-state index in [9.17, 15) is 18.8 Å². The minimum absolute atomic E-state index is 0.0382. The first-order valence-electron chi connectivity index (χ1n) is 11.5. The summed E-state index contributed by atoms with van der Waals surface area (Å²) in [6.45, 7) is 0.804. The molecular weight excluding hydrogens is 495 g/mol. The zero-order chi connectivity index (χ0) is 25.9. The molecule has 0 radical (unpaired) electrons. The van der Waals surface area contributed by atoms with E-state index in [1.54, 1.807) is 39.9 Å². The Morgan fingerprint density at radius 3 is 2.49 bits per heavy atom. The lowest BCUT2D eigenvalue weighted by Crippen LogP contribution is -2.29. The van der Waals surface area contributed by atoms with Gasteiger partial charge in [0.15, 0.2) is 5.43 Å². The van der Waals surface area contributed by atoms with Crippen LogP contribution in [0.15, 0.2) is 95.0 Å². The third-order valence-electron chi connectivity index (χ3n) is 6.10. The first kappa shape index (κ1) is 24.3. The van der Waals surface area contributed by atoms with Crippen molar-refractivity contribution in [3.05, 3.63) is 139 Å². The number of hydrogen-bond donors (Lipinski definition) is 2. The van der Waals surface area contributed by atoms with Crippen LogP contribution in [-0.2, 0) is 19.6 Å². The van der Waals surface area contributed by atoms with Gasteiger partial charge in [0.05, 0.1) is 11.6 Å². The topological polar surface area (TPSA) is 88.9 Å². The van der Waals surface area contributed by atoms with E-state index in [0.29, 0.717) is 29.0 Å². The highest BCUT2D eigenvalue weighted by atomic mass is 35.5. The molecule has 3 aromatic heterocycles. The van der Waals surface area contributed by atoms with Crippen molar-refractivity contribution in [3.8, 4) is 0 Å². The molecule has 2 N–H and O–H groups in total. The molecule has 0 saturated heterocycles. The van der Waals surface area contributed by atoms with Crippen LogP contribution in [0.3, 0.4) is 0 Å². The van der Waals surface area contributed by atoms with Crippen molar-refractivity contribution in [1.82, 2.24) is 19.4 Å². The Labute approximate surface area is 215 Å². The second-order valence-corrected chi connectivity index (χ2v) is 9.09. The Balaban J connectivity index is 1.27. The van der Waals surface area contributed by atoms with Crippen molar-refractivity contribution in [1.29, 1.82) is 0 Å². The molecule has 0 fully saturated rings. The lowest BCUT2D eigenvalue weighted by Gasteiger charge is -2.11. The van der Waals surface area contributed by atoms with Gasteiger partial charge in [-0.05, 0) is 29.3 Å². The second kappa shape index (κ2) is 10.3. The molecule has 0 aliphatic rings. The summed E-state index contributed by atoms with van der Waals surface area (Å²) in [5, 5.41) is 3.73. The number of aromatic amines is 1. The van der Waals surface area contributed by atoms with Crippen LogP contribution in [0.25, 0.3) is 10.9 Å². The van der Waals surface area contributed by atoms with Crippen molar-refractivity contribution >= 4 is 28.4 Å². The quantitative estimate of drug-likeness (QED) is 0.338. The van der Waals surface area contributed by atoms with E-state index in [-0.39, 0.29) is 23.2 Å². The average molecular weight is 517 g/mol. The number of rotatable bonds is 7. The number of hydrogen-bond acceptors (Lipinski definition) is 3. The van der Waals surface area contributed by atoms with Crippen molar-refractivity contribution in [2.45, 2.75) is 19.6 Å². The average Bonchev–Trinajstić information content (AvgIpc) is 3.25. The van der Waals surface area contributed by atoms with Crippen molar-refractivity contribution in [2.75, 3.05) is 0 Å². The summed E-state index contributed by atoms with van der Waals surface area (Å²) in [4.78, 5) is 40.0. The highest BCUT2D eigenvalue weighted by Gasteiger charge is 2.14. The standard InChI is InChI=1S/C28H22ClFN4O3/c29-23-14-31-25-12-24(30)20(11-21(23)25)13-32-28(37)22-17-33(10-8-26(22)35)15-18-4-6-19(7-5-18)16-34-9-2-1-3-27(34)36/h1-12,14,17,31H,13,15-16H2,(H,32,37). The fraction of sp³-hybridized carbons (Fsp3) is 0.107. The number of carbonyl (C=O) groups excluding carboxylic acids is 1. The van der Waals surface area contributed by atoms with Crippen LogP contribution >= 0.6 is 11.6 Å². The normalized spacial score (nSPS) is 11.1. The van der Waals surface area contributed by atoms with E-state index in [0.717, 1.165) is 11.1 Å². The summed E-state index contributed by atoms with van der Waals surface area (Å²) in [7, 11) is 0. The van der Waals surface area contributed by atoms with E-state index in [4.69, 9.17) is 11.6 Å². The molecular formula is C28H22ClFN4O3. The summed E-state index contributed by atoms with van der Waals surface area (Å²) in [6, 6.07) is 17.0. The number of nitrogens with zero attached hydrogens (tertiary/aromatic N) is 2. The molecule has 0 atom stereocenters. The molecule has 0 spiro atoms. The van der Waals surface area contributed by atoms with Crippen molar-refractivity contribution in [2.24, 2.45) is 0 Å². The van der Waals surface area contributed by atoms with Crippen LogP contribution < -0.4 is 16.3 Å². The Morgan fingerprint density at radius 2 is 1.73 bits per heavy atom. The number of nitrogens with one attached hydrogen (secondary N) is 2. The maximum Gasteiger partial charge on any atom is 0.257 e. The maximum atomic E-state index is 14.4. The number of H-pyrrole nitrogens is 1. The van der Waals surface area contributed by atoms with Crippen LogP contribution in [-0.4, -0.2) is 20.0 Å². The number of fused-ring (bicyclic) bond motifs is 1. The predicted octanol–water partition coefficient (Wildman–Crippen LogP) is 4.31. The van der Waals surface area contributed by atoms with Gasteiger partial charge in [0.25, 0.3) is 11.5 Å². The molecule has 2 aromatic carbocycles. The second-order valence-electron chi connectivity index (χ2n) is 8.69. The number of carbonyl (C=O) groups is 1. The van der Waals surface area contributed by atoms with Gasteiger partial charge in [0.2, 0.25) is 0 Å². The lowest BCUT2D eigenvalue weighted by molar-refractivity contribution is 0.0948. The van der Waals surface area contributed by atoms with E-state index < -0.39 is 17.2 Å². The molecule has 0 saturated carbocycles. The summed E-state index contributed by atoms with van der Waals surface area (Å²) in [5.74, 6) is -1.08. The predicted molar refractivity (Wildman–Crippen MR) is 140 cm³/mol. The summed E-state index contributed by atoms with van der Waals surface area (Å²) < 4.78 is 17.8. The molecule has 7 nitrogen and oxygen atoms in total. The van der Waals surface area contributed by atoms with Crippen LogP contribution in [0.1, 0.15) is 27.0 Å². The molecule has 0 unspecified atom stereocenters. The van der Waals surface area contributed by atoms with E-state index in [2.05, 4.69) is 10.3 Å². The molecule has 0 bridgehead atoms. The fourth-order valence-electron chi connectivity index (χ4n) is 4.10. The van der Waals surface area contributed by atoms with Gasteiger partial charge in [-0.15, -0.1) is 0 Å². The first-order valence-corrected chi connectivity index (χ1v) is 11.9. The Morgan fingerprint density at radius 1 is 0.973 bits per heavy atom. The number of pyridine rings is 2. The molecule has 9 heteroatoms. The molecule has 3 heterocycles. The number of aromatic nitrogens is 3. The SMILES string of the molecule is O=C(NCc1cc2c(Cl)c[nH]c2cc1F)c1cn(Cc2ccc(Cn3ccccc3=O)cc2)ccc1=O. The molecule has 0 aliphatic carbocycles. The van der Waals surface area contributed by atoms with Gasteiger partial charge in [-0.1, -0.05) is 41.9 Å². The Hall–Kier alpha value is -4.43. The third kappa shape index (κ3) is 5.39. The minimum atomic E-state index is -0.595. The molecule has 0 aliphatic heterocycles. The third-order valence-corrected chi connectivity index (χ3v) is 6.41. The van der Waals surface area contributed by atoms with Gasteiger partial charge in [0, 0.05) is 66.5 Å².